The van der Waals surface area contributed by atoms with Crippen molar-refractivity contribution in [2.24, 2.45) is 5.92 Å². The van der Waals surface area contributed by atoms with Gasteiger partial charge in [0.15, 0.2) is 5.78 Å². The van der Waals surface area contributed by atoms with Crippen LogP contribution >= 0.6 is 0 Å². The van der Waals surface area contributed by atoms with Crippen LogP contribution in [0.4, 0.5) is 5.69 Å². The van der Waals surface area contributed by atoms with E-state index >= 15 is 0 Å². The molecule has 0 unspecified atom stereocenters. The molecule has 0 aliphatic heterocycles. The summed E-state index contributed by atoms with van der Waals surface area (Å²) in [7, 11) is 0. The van der Waals surface area contributed by atoms with Crippen LogP contribution in [0.25, 0.3) is 0 Å². The van der Waals surface area contributed by atoms with E-state index in [0.29, 0.717) is 5.92 Å². The molecule has 1 aliphatic carbocycles. The molecule has 2 nitrogen and oxygen atoms in total. The fourth-order valence-electron chi connectivity index (χ4n) is 1.91. The van der Waals surface area contributed by atoms with Gasteiger partial charge in [0.25, 0.3) is 0 Å². The Kier molecular flexibility index (Phi) is 3.23. The molecule has 1 aromatic rings. The van der Waals surface area contributed by atoms with Crippen molar-refractivity contribution in [3.63, 3.8) is 0 Å². The van der Waals surface area contributed by atoms with Gasteiger partial charge in [0.2, 0.25) is 0 Å². The zero-order chi connectivity index (χ0) is 12.5. The zero-order valence-corrected chi connectivity index (χ0v) is 10.9. The molecule has 0 heterocycles. The van der Waals surface area contributed by atoms with Gasteiger partial charge in [-0.15, -0.1) is 0 Å². The summed E-state index contributed by atoms with van der Waals surface area (Å²) in [6.45, 7) is 6.35. The van der Waals surface area contributed by atoms with Gasteiger partial charge in [-0.25, -0.2) is 0 Å². The molecule has 0 amide bonds. The average molecular weight is 231 g/mol. The molecule has 1 N–H and O–H groups in total. The van der Waals surface area contributed by atoms with Gasteiger partial charge in [-0.2, -0.15) is 0 Å². The maximum atomic E-state index is 12.0. The summed E-state index contributed by atoms with van der Waals surface area (Å²) in [6.07, 6.45) is 3.18. The summed E-state index contributed by atoms with van der Waals surface area (Å²) in [5.74, 6) is 0.937. The number of carbonyl (C=O) groups excluding carboxylic acids is 1. The van der Waals surface area contributed by atoms with Crippen molar-refractivity contribution in [3.8, 4) is 0 Å². The molecule has 0 atom stereocenters. The number of rotatable bonds is 4. The van der Waals surface area contributed by atoms with E-state index in [0.717, 1.165) is 17.7 Å². The summed E-state index contributed by atoms with van der Waals surface area (Å²) in [5, 5.41) is 3.39. The first-order valence-electron chi connectivity index (χ1n) is 6.35. The van der Waals surface area contributed by atoms with Gasteiger partial charge in [-0.1, -0.05) is 12.1 Å². The molecular formula is C15H21NO. The first-order valence-corrected chi connectivity index (χ1v) is 6.35. The molecule has 1 aliphatic rings. The molecule has 1 aromatic carbocycles. The zero-order valence-electron chi connectivity index (χ0n) is 10.9. The predicted molar refractivity (Wildman–Crippen MR) is 71.5 cm³/mol. The monoisotopic (exact) mass is 231 g/mol. The third-order valence-corrected chi connectivity index (χ3v) is 2.87. The summed E-state index contributed by atoms with van der Waals surface area (Å²) in [4.78, 5) is 12.0. The maximum Gasteiger partial charge on any atom is 0.163 e. The van der Waals surface area contributed by atoms with E-state index in [1.807, 2.05) is 24.3 Å². The van der Waals surface area contributed by atoms with Crippen LogP contribution in [-0.2, 0) is 0 Å². The van der Waals surface area contributed by atoms with E-state index in [1.54, 1.807) is 0 Å². The van der Waals surface area contributed by atoms with E-state index in [1.165, 1.54) is 12.8 Å². The van der Waals surface area contributed by atoms with Crippen molar-refractivity contribution < 1.29 is 4.79 Å². The number of hydrogen-bond donors (Lipinski definition) is 1. The number of nitrogens with one attached hydrogen (secondary N) is 1. The van der Waals surface area contributed by atoms with E-state index in [9.17, 15) is 4.79 Å². The molecule has 92 valence electrons. The highest BCUT2D eigenvalue weighted by Gasteiger charge is 2.25. The number of benzene rings is 1. The normalized spacial score (nSPS) is 15.7. The number of hydrogen-bond acceptors (Lipinski definition) is 2. The molecule has 2 rings (SSSR count). The van der Waals surface area contributed by atoms with Gasteiger partial charge in [-0.05, 0) is 51.7 Å². The SMILES string of the molecule is CC(C)(C)Nc1cccc(C(=O)CC2CC2)c1. The molecule has 17 heavy (non-hydrogen) atoms. The van der Waals surface area contributed by atoms with Crippen molar-refractivity contribution in [1.82, 2.24) is 0 Å². The van der Waals surface area contributed by atoms with Gasteiger partial charge < -0.3 is 5.32 Å². The lowest BCUT2D eigenvalue weighted by molar-refractivity contribution is 0.0976. The Labute approximate surface area is 103 Å². The highest BCUT2D eigenvalue weighted by atomic mass is 16.1. The Morgan fingerprint density at radius 1 is 1.35 bits per heavy atom. The summed E-state index contributed by atoms with van der Waals surface area (Å²) in [5.41, 5.74) is 1.89. The van der Waals surface area contributed by atoms with Crippen molar-refractivity contribution in [1.29, 1.82) is 0 Å². The number of carbonyl (C=O) groups is 1. The minimum absolute atomic E-state index is 0.0260. The Balaban J connectivity index is 2.07. The Hall–Kier alpha value is -1.31. The second-order valence-corrected chi connectivity index (χ2v) is 6.03. The van der Waals surface area contributed by atoms with Crippen LogP contribution in [0, 0.1) is 5.92 Å². The Morgan fingerprint density at radius 3 is 2.65 bits per heavy atom. The van der Waals surface area contributed by atoms with Crippen molar-refractivity contribution in [3.05, 3.63) is 29.8 Å². The smallest absolute Gasteiger partial charge is 0.163 e. The lowest BCUT2D eigenvalue weighted by Crippen LogP contribution is -2.26. The minimum Gasteiger partial charge on any atom is -0.380 e. The fraction of sp³-hybridized carbons (Fsp3) is 0.533. The van der Waals surface area contributed by atoms with E-state index in [4.69, 9.17) is 0 Å². The lowest BCUT2D eigenvalue weighted by Gasteiger charge is -2.22. The summed E-state index contributed by atoms with van der Waals surface area (Å²) in [6, 6.07) is 7.85. The van der Waals surface area contributed by atoms with Crippen LogP contribution in [0.3, 0.4) is 0 Å². The Morgan fingerprint density at radius 2 is 2.06 bits per heavy atom. The van der Waals surface area contributed by atoms with Crippen LogP contribution in [0.5, 0.6) is 0 Å². The van der Waals surface area contributed by atoms with E-state index < -0.39 is 0 Å². The molecule has 0 radical (unpaired) electrons. The summed E-state index contributed by atoms with van der Waals surface area (Å²) < 4.78 is 0. The molecule has 0 aromatic heterocycles. The largest absolute Gasteiger partial charge is 0.380 e. The van der Waals surface area contributed by atoms with Crippen molar-refractivity contribution in [2.75, 3.05) is 5.32 Å². The van der Waals surface area contributed by atoms with Crippen LogP contribution in [0.15, 0.2) is 24.3 Å². The molecule has 2 heteroatoms. The summed E-state index contributed by atoms with van der Waals surface area (Å²) >= 11 is 0. The van der Waals surface area contributed by atoms with Crippen LogP contribution in [0.1, 0.15) is 50.4 Å². The lowest BCUT2D eigenvalue weighted by atomic mass is 10.0. The quantitative estimate of drug-likeness (QED) is 0.797. The van der Waals surface area contributed by atoms with E-state index in [-0.39, 0.29) is 11.3 Å². The van der Waals surface area contributed by atoms with Crippen molar-refractivity contribution in [2.45, 2.75) is 45.6 Å². The predicted octanol–water partition coefficient (Wildman–Crippen LogP) is 3.88. The van der Waals surface area contributed by atoms with Gasteiger partial charge in [0, 0.05) is 23.2 Å². The first kappa shape index (κ1) is 12.2. The third kappa shape index (κ3) is 3.88. The maximum absolute atomic E-state index is 12.0. The molecule has 0 spiro atoms. The Bertz CT molecular complexity index is 413. The van der Waals surface area contributed by atoms with Crippen LogP contribution < -0.4 is 5.32 Å². The molecule has 0 saturated heterocycles. The van der Waals surface area contributed by atoms with Gasteiger partial charge in [0.05, 0.1) is 0 Å². The second kappa shape index (κ2) is 4.52. The van der Waals surface area contributed by atoms with Gasteiger partial charge in [-0.3, -0.25) is 4.79 Å². The first-order chi connectivity index (χ1) is 7.94. The molecule has 0 bridgehead atoms. The number of Topliss-reactive ketones (excluding diaryl/α,β-unsaturated/α-hetero) is 1. The minimum atomic E-state index is 0.0260. The number of ketones is 1. The highest BCUT2D eigenvalue weighted by Crippen LogP contribution is 2.33. The molecule has 1 saturated carbocycles. The van der Waals surface area contributed by atoms with Crippen LogP contribution in [0.2, 0.25) is 0 Å². The van der Waals surface area contributed by atoms with Gasteiger partial charge >= 0.3 is 0 Å². The fourth-order valence-corrected chi connectivity index (χ4v) is 1.91. The third-order valence-electron chi connectivity index (χ3n) is 2.87. The molecule has 1 fully saturated rings. The average Bonchev–Trinajstić information content (AvgIpc) is 2.99. The van der Waals surface area contributed by atoms with Crippen LogP contribution in [-0.4, -0.2) is 11.3 Å². The standard InChI is InChI=1S/C15H21NO/c1-15(2,3)16-13-6-4-5-12(10-13)14(17)9-11-7-8-11/h4-6,10-11,16H,7-9H2,1-3H3. The van der Waals surface area contributed by atoms with E-state index in [2.05, 4.69) is 26.1 Å². The van der Waals surface area contributed by atoms with Gasteiger partial charge in [0.1, 0.15) is 0 Å². The second-order valence-electron chi connectivity index (χ2n) is 6.03. The topological polar surface area (TPSA) is 29.1 Å². The van der Waals surface area contributed by atoms with Crippen molar-refractivity contribution >= 4 is 11.5 Å². The number of anilines is 1. The molecular weight excluding hydrogens is 210 g/mol. The highest BCUT2D eigenvalue weighted by molar-refractivity contribution is 5.97.